The summed E-state index contributed by atoms with van der Waals surface area (Å²) in [5, 5.41) is 0. The van der Waals surface area contributed by atoms with Crippen molar-refractivity contribution in [1.82, 2.24) is 14.9 Å². The summed E-state index contributed by atoms with van der Waals surface area (Å²) in [6.07, 6.45) is 4.83. The molecule has 1 aromatic heterocycles. The lowest BCUT2D eigenvalue weighted by molar-refractivity contribution is 0.258. The lowest BCUT2D eigenvalue weighted by Gasteiger charge is -2.36. The fraction of sp³-hybridized carbons (Fsp3) is 0.714. The van der Waals surface area contributed by atoms with Crippen LogP contribution in [0.3, 0.4) is 0 Å². The number of anilines is 2. The van der Waals surface area contributed by atoms with Crippen LogP contribution in [0.15, 0.2) is 6.33 Å². The van der Waals surface area contributed by atoms with Crippen LogP contribution in [-0.4, -0.2) is 47.6 Å². The van der Waals surface area contributed by atoms with Crippen LogP contribution in [0, 0.1) is 0 Å². The maximum absolute atomic E-state index is 6.00. The summed E-state index contributed by atoms with van der Waals surface area (Å²) in [7, 11) is 0. The Morgan fingerprint density at radius 2 is 1.84 bits per heavy atom. The Bertz CT molecular complexity index is 399. The van der Waals surface area contributed by atoms with Gasteiger partial charge in [0.2, 0.25) is 0 Å². The Labute approximate surface area is 115 Å². The van der Waals surface area contributed by atoms with Crippen LogP contribution in [0.4, 0.5) is 11.6 Å². The maximum atomic E-state index is 6.00. The zero-order valence-corrected chi connectivity index (χ0v) is 12.1. The largest absolute Gasteiger partial charge is 0.383 e. The van der Waals surface area contributed by atoms with Gasteiger partial charge in [0, 0.05) is 31.7 Å². The van der Waals surface area contributed by atoms with Gasteiger partial charge < -0.3 is 10.6 Å². The smallest absolute Gasteiger partial charge is 0.137 e. The van der Waals surface area contributed by atoms with Crippen LogP contribution in [0.5, 0.6) is 0 Å². The fourth-order valence-corrected chi connectivity index (χ4v) is 2.68. The lowest BCUT2D eigenvalue weighted by Crippen LogP contribution is -2.47. The van der Waals surface area contributed by atoms with Gasteiger partial charge in [0.1, 0.15) is 18.0 Å². The quantitative estimate of drug-likeness (QED) is 0.873. The molecular weight excluding hydrogens is 238 g/mol. The first-order valence-corrected chi connectivity index (χ1v) is 7.32. The molecule has 0 unspecified atom stereocenters. The zero-order chi connectivity index (χ0) is 13.7. The monoisotopic (exact) mass is 263 g/mol. The van der Waals surface area contributed by atoms with Gasteiger partial charge in [-0.1, -0.05) is 20.3 Å². The van der Waals surface area contributed by atoms with Crippen LogP contribution in [0.2, 0.25) is 0 Å². The molecule has 5 heteroatoms. The third-order valence-corrected chi connectivity index (χ3v) is 3.67. The molecule has 106 valence electrons. The number of nitrogen functional groups attached to an aromatic ring is 1. The van der Waals surface area contributed by atoms with Crippen molar-refractivity contribution in [1.29, 1.82) is 0 Å². The molecule has 5 nitrogen and oxygen atoms in total. The van der Waals surface area contributed by atoms with Crippen molar-refractivity contribution < 1.29 is 0 Å². The maximum Gasteiger partial charge on any atom is 0.137 e. The molecule has 1 fully saturated rings. The Hall–Kier alpha value is -1.36. The van der Waals surface area contributed by atoms with Gasteiger partial charge in [-0.15, -0.1) is 0 Å². The van der Waals surface area contributed by atoms with E-state index in [4.69, 9.17) is 5.73 Å². The van der Waals surface area contributed by atoms with E-state index in [1.165, 1.54) is 13.0 Å². The molecule has 0 amide bonds. The highest BCUT2D eigenvalue weighted by Gasteiger charge is 2.20. The Morgan fingerprint density at radius 3 is 2.47 bits per heavy atom. The molecule has 1 aromatic rings. The van der Waals surface area contributed by atoms with Crippen molar-refractivity contribution in [2.75, 3.05) is 43.4 Å². The predicted molar refractivity (Wildman–Crippen MR) is 79.4 cm³/mol. The van der Waals surface area contributed by atoms with Gasteiger partial charge in [-0.3, -0.25) is 4.90 Å². The van der Waals surface area contributed by atoms with Crippen LogP contribution in [0.1, 0.15) is 32.3 Å². The molecule has 0 aliphatic carbocycles. The van der Waals surface area contributed by atoms with Crippen molar-refractivity contribution in [3.8, 4) is 0 Å². The van der Waals surface area contributed by atoms with Crippen LogP contribution < -0.4 is 10.6 Å². The third-order valence-electron chi connectivity index (χ3n) is 3.67. The average Bonchev–Trinajstić information content (AvgIpc) is 2.43. The first-order valence-electron chi connectivity index (χ1n) is 7.32. The molecule has 0 spiro atoms. The van der Waals surface area contributed by atoms with E-state index in [1.54, 1.807) is 6.33 Å². The summed E-state index contributed by atoms with van der Waals surface area (Å²) < 4.78 is 0. The van der Waals surface area contributed by atoms with E-state index < -0.39 is 0 Å². The minimum Gasteiger partial charge on any atom is -0.383 e. The van der Waals surface area contributed by atoms with E-state index in [0.717, 1.165) is 50.4 Å². The molecule has 2 rings (SSSR count). The Balaban J connectivity index is 2.08. The Morgan fingerprint density at radius 1 is 1.11 bits per heavy atom. The molecule has 0 aromatic carbocycles. The van der Waals surface area contributed by atoms with E-state index in [1.807, 2.05) is 0 Å². The summed E-state index contributed by atoms with van der Waals surface area (Å²) in [5.74, 6) is 1.69. The van der Waals surface area contributed by atoms with E-state index in [0.29, 0.717) is 5.82 Å². The highest BCUT2D eigenvalue weighted by Crippen LogP contribution is 2.24. The number of nitrogens with zero attached hydrogens (tertiary/aromatic N) is 4. The van der Waals surface area contributed by atoms with Gasteiger partial charge in [-0.2, -0.15) is 0 Å². The SMILES string of the molecule is CCCc1c(N)ncnc1N1CCN(CCC)CC1. The minimum atomic E-state index is 0.642. The molecule has 19 heavy (non-hydrogen) atoms. The first-order chi connectivity index (χ1) is 9.26. The number of rotatable bonds is 5. The van der Waals surface area contributed by atoms with Gasteiger partial charge >= 0.3 is 0 Å². The van der Waals surface area contributed by atoms with Crippen molar-refractivity contribution in [2.24, 2.45) is 0 Å². The highest BCUT2D eigenvalue weighted by molar-refractivity contribution is 5.56. The number of nitrogens with two attached hydrogens (primary N) is 1. The van der Waals surface area contributed by atoms with Gasteiger partial charge in [0.25, 0.3) is 0 Å². The topological polar surface area (TPSA) is 58.3 Å². The number of aromatic nitrogens is 2. The summed E-state index contributed by atoms with van der Waals surface area (Å²) in [5.41, 5.74) is 7.12. The number of piperazine rings is 1. The average molecular weight is 263 g/mol. The van der Waals surface area contributed by atoms with Gasteiger partial charge in [-0.25, -0.2) is 9.97 Å². The van der Waals surface area contributed by atoms with Crippen LogP contribution in [0.25, 0.3) is 0 Å². The summed E-state index contributed by atoms with van der Waals surface area (Å²) in [6.45, 7) is 9.89. The van der Waals surface area contributed by atoms with Crippen molar-refractivity contribution in [3.63, 3.8) is 0 Å². The molecule has 1 aliphatic heterocycles. The second-order valence-electron chi connectivity index (χ2n) is 5.14. The molecule has 1 saturated heterocycles. The summed E-state index contributed by atoms with van der Waals surface area (Å²) in [4.78, 5) is 13.5. The molecular formula is C14H25N5. The Kier molecular flexibility index (Phi) is 4.96. The molecule has 2 N–H and O–H groups in total. The predicted octanol–water partition coefficient (Wildman–Crippen LogP) is 1.54. The highest BCUT2D eigenvalue weighted by atomic mass is 15.3. The standard InChI is InChI=1S/C14H25N5/c1-3-5-12-13(15)16-11-17-14(12)19-9-7-18(6-4-2)8-10-19/h11H,3-10H2,1-2H3,(H2,15,16,17). The lowest BCUT2D eigenvalue weighted by atomic mass is 10.1. The van der Waals surface area contributed by atoms with Gasteiger partial charge in [-0.05, 0) is 19.4 Å². The third kappa shape index (κ3) is 3.35. The van der Waals surface area contributed by atoms with Crippen molar-refractivity contribution >= 4 is 11.6 Å². The van der Waals surface area contributed by atoms with E-state index in [-0.39, 0.29) is 0 Å². The molecule has 0 saturated carbocycles. The summed E-state index contributed by atoms with van der Waals surface area (Å²) in [6, 6.07) is 0. The van der Waals surface area contributed by atoms with E-state index in [9.17, 15) is 0 Å². The first kappa shape index (κ1) is 14.1. The zero-order valence-electron chi connectivity index (χ0n) is 12.1. The van der Waals surface area contributed by atoms with Crippen molar-refractivity contribution in [3.05, 3.63) is 11.9 Å². The van der Waals surface area contributed by atoms with Gasteiger partial charge in [0.05, 0.1) is 0 Å². The summed E-state index contributed by atoms with van der Waals surface area (Å²) >= 11 is 0. The van der Waals surface area contributed by atoms with Gasteiger partial charge in [0.15, 0.2) is 0 Å². The van der Waals surface area contributed by atoms with Crippen LogP contribution >= 0.6 is 0 Å². The molecule has 0 bridgehead atoms. The normalized spacial score (nSPS) is 16.8. The van der Waals surface area contributed by atoms with E-state index in [2.05, 4.69) is 33.6 Å². The van der Waals surface area contributed by atoms with Crippen LogP contribution in [-0.2, 0) is 6.42 Å². The van der Waals surface area contributed by atoms with E-state index >= 15 is 0 Å². The number of hydrogen-bond acceptors (Lipinski definition) is 5. The minimum absolute atomic E-state index is 0.642. The molecule has 1 aliphatic rings. The molecule has 2 heterocycles. The second-order valence-corrected chi connectivity index (χ2v) is 5.14. The molecule has 0 radical (unpaired) electrons. The second kappa shape index (κ2) is 6.70. The molecule has 0 atom stereocenters. The fourth-order valence-electron chi connectivity index (χ4n) is 2.68. The van der Waals surface area contributed by atoms with Crippen molar-refractivity contribution in [2.45, 2.75) is 33.1 Å². The number of hydrogen-bond donors (Lipinski definition) is 1.